The lowest BCUT2D eigenvalue weighted by atomic mass is 9.87. The van der Waals surface area contributed by atoms with Gasteiger partial charge >= 0.3 is 0 Å². The Bertz CT molecular complexity index is 1790. The summed E-state index contributed by atoms with van der Waals surface area (Å²) in [6.07, 6.45) is 13.8. The van der Waals surface area contributed by atoms with Crippen LogP contribution in [0.4, 0.5) is 5.69 Å². The first kappa shape index (κ1) is 23.4. The second-order valence-corrected chi connectivity index (χ2v) is 10.5. The molecule has 4 aromatic heterocycles. The third-order valence-corrected chi connectivity index (χ3v) is 7.95. The minimum absolute atomic E-state index is 0.544. The Kier molecular flexibility index (Phi) is 5.93. The zero-order valence-corrected chi connectivity index (χ0v) is 21.7. The molecule has 0 radical (unpaired) electrons. The van der Waals surface area contributed by atoms with Gasteiger partial charge < -0.3 is 10.3 Å². The number of nitrogens with one attached hydrogen (secondary N) is 3. The molecule has 1 aliphatic carbocycles. The minimum Gasteiger partial charge on any atom is -0.358 e. The van der Waals surface area contributed by atoms with E-state index >= 15 is 0 Å². The first-order valence-electron chi connectivity index (χ1n) is 13.6. The van der Waals surface area contributed by atoms with Crippen molar-refractivity contribution in [1.82, 2.24) is 25.1 Å². The highest BCUT2D eigenvalue weighted by molar-refractivity contribution is 6.01. The summed E-state index contributed by atoms with van der Waals surface area (Å²) in [6.45, 7) is 4.34. The van der Waals surface area contributed by atoms with Crippen LogP contribution in [0.2, 0.25) is 0 Å². The predicted molar refractivity (Wildman–Crippen MR) is 159 cm³/mol. The van der Waals surface area contributed by atoms with E-state index in [-0.39, 0.29) is 0 Å². The molecule has 0 atom stereocenters. The zero-order chi connectivity index (χ0) is 26.2. The standard InChI is InChI=1S/C33H30N6/c1-21(22-6-3-2-4-7-22)36-26-16-25(19-35-20-26)24-10-11-31-29(17-24)33(39-38-31)32-18-28-27(8-5-9-30(28)37-32)23-12-14-34-15-13-23/h5,8-20,22,36-37H,1-4,6-7H2,(H,38,39). The van der Waals surface area contributed by atoms with Crippen LogP contribution in [0.1, 0.15) is 32.1 Å². The second-order valence-electron chi connectivity index (χ2n) is 10.5. The molecular formula is C33H30N6. The van der Waals surface area contributed by atoms with Crippen molar-refractivity contribution in [1.29, 1.82) is 0 Å². The molecule has 6 heteroatoms. The van der Waals surface area contributed by atoms with Gasteiger partial charge in [0.15, 0.2) is 0 Å². The van der Waals surface area contributed by atoms with Gasteiger partial charge in [0.1, 0.15) is 5.69 Å². The van der Waals surface area contributed by atoms with Crippen molar-refractivity contribution in [2.45, 2.75) is 32.1 Å². The lowest BCUT2D eigenvalue weighted by Gasteiger charge is -2.24. The van der Waals surface area contributed by atoms with Gasteiger partial charge in [-0.1, -0.05) is 44.0 Å². The predicted octanol–water partition coefficient (Wildman–Crippen LogP) is 8.34. The summed E-state index contributed by atoms with van der Waals surface area (Å²) in [4.78, 5) is 12.3. The molecule has 0 saturated heterocycles. The number of hydrogen-bond donors (Lipinski definition) is 3. The first-order chi connectivity index (χ1) is 19.2. The maximum Gasteiger partial charge on any atom is 0.116 e. The summed E-state index contributed by atoms with van der Waals surface area (Å²) in [5.41, 5.74) is 10.5. The smallest absolute Gasteiger partial charge is 0.116 e. The van der Waals surface area contributed by atoms with E-state index in [1.54, 1.807) is 0 Å². The molecule has 6 aromatic rings. The highest BCUT2D eigenvalue weighted by Gasteiger charge is 2.17. The van der Waals surface area contributed by atoms with E-state index in [4.69, 9.17) is 5.10 Å². The maximum atomic E-state index is 4.70. The van der Waals surface area contributed by atoms with Gasteiger partial charge in [0, 0.05) is 46.1 Å². The summed E-state index contributed by atoms with van der Waals surface area (Å²) in [7, 11) is 0. The van der Waals surface area contributed by atoms with Crippen LogP contribution in [0.5, 0.6) is 0 Å². The largest absolute Gasteiger partial charge is 0.358 e. The van der Waals surface area contributed by atoms with Crippen molar-refractivity contribution in [3.05, 3.63) is 97.7 Å². The van der Waals surface area contributed by atoms with E-state index < -0.39 is 0 Å². The summed E-state index contributed by atoms with van der Waals surface area (Å²) < 4.78 is 0. The highest BCUT2D eigenvalue weighted by atomic mass is 15.1. The van der Waals surface area contributed by atoms with Crippen LogP contribution >= 0.6 is 0 Å². The monoisotopic (exact) mass is 510 g/mol. The van der Waals surface area contributed by atoms with Crippen molar-refractivity contribution in [2.24, 2.45) is 5.92 Å². The Morgan fingerprint density at radius 3 is 2.54 bits per heavy atom. The summed E-state index contributed by atoms with van der Waals surface area (Å²) in [5.74, 6) is 0.544. The molecule has 2 aromatic carbocycles. The van der Waals surface area contributed by atoms with Gasteiger partial charge in [0.05, 0.1) is 23.1 Å². The Morgan fingerprint density at radius 1 is 0.795 bits per heavy atom. The van der Waals surface area contributed by atoms with E-state index in [9.17, 15) is 0 Å². The molecule has 1 saturated carbocycles. The van der Waals surface area contributed by atoms with Crippen molar-refractivity contribution in [2.75, 3.05) is 5.32 Å². The Morgan fingerprint density at radius 2 is 1.67 bits per heavy atom. The number of rotatable bonds is 6. The fourth-order valence-corrected chi connectivity index (χ4v) is 5.87. The van der Waals surface area contributed by atoms with Crippen LogP contribution in [0.15, 0.2) is 97.7 Å². The first-order valence-corrected chi connectivity index (χ1v) is 13.6. The number of nitrogens with zero attached hydrogens (tertiary/aromatic N) is 3. The maximum absolute atomic E-state index is 4.70. The van der Waals surface area contributed by atoms with Crippen molar-refractivity contribution < 1.29 is 0 Å². The van der Waals surface area contributed by atoms with E-state index in [0.29, 0.717) is 5.92 Å². The van der Waals surface area contributed by atoms with Crippen molar-refractivity contribution in [3.8, 4) is 33.6 Å². The van der Waals surface area contributed by atoms with E-state index in [1.807, 2.05) is 36.9 Å². The lowest BCUT2D eigenvalue weighted by molar-refractivity contribution is 0.405. The molecule has 4 heterocycles. The molecule has 192 valence electrons. The van der Waals surface area contributed by atoms with E-state index in [0.717, 1.165) is 61.3 Å². The Balaban J connectivity index is 1.23. The molecule has 0 bridgehead atoms. The highest BCUT2D eigenvalue weighted by Crippen LogP contribution is 2.36. The number of H-pyrrole nitrogens is 2. The van der Waals surface area contributed by atoms with Gasteiger partial charge in [0.2, 0.25) is 0 Å². The van der Waals surface area contributed by atoms with Crippen molar-refractivity contribution in [3.63, 3.8) is 0 Å². The van der Waals surface area contributed by atoms with E-state index in [2.05, 4.69) is 80.5 Å². The zero-order valence-electron chi connectivity index (χ0n) is 21.7. The van der Waals surface area contributed by atoms with Gasteiger partial charge in [-0.3, -0.25) is 15.1 Å². The van der Waals surface area contributed by atoms with Gasteiger partial charge in [-0.25, -0.2) is 0 Å². The number of aromatic nitrogens is 5. The van der Waals surface area contributed by atoms with Crippen LogP contribution in [0, 0.1) is 5.92 Å². The third-order valence-electron chi connectivity index (χ3n) is 7.95. The SMILES string of the molecule is C=C(Nc1cncc(-c2ccc3[nH]nc(-c4cc5c(-c6ccncc6)cccc5[nH]4)c3c2)c1)C1CCCCC1. The van der Waals surface area contributed by atoms with Crippen LogP contribution in [0.3, 0.4) is 0 Å². The molecule has 0 unspecified atom stereocenters. The average molecular weight is 511 g/mol. The van der Waals surface area contributed by atoms with Crippen LogP contribution in [0.25, 0.3) is 55.4 Å². The lowest BCUT2D eigenvalue weighted by Crippen LogP contribution is -2.14. The molecule has 0 spiro atoms. The molecule has 7 rings (SSSR count). The van der Waals surface area contributed by atoms with E-state index in [1.165, 1.54) is 37.7 Å². The number of allylic oxidation sites excluding steroid dienone is 1. The molecule has 0 aliphatic heterocycles. The molecular weight excluding hydrogens is 480 g/mol. The van der Waals surface area contributed by atoms with Crippen molar-refractivity contribution >= 4 is 27.5 Å². The number of aromatic amines is 2. The number of benzene rings is 2. The number of fused-ring (bicyclic) bond motifs is 2. The quantitative estimate of drug-likeness (QED) is 0.210. The van der Waals surface area contributed by atoms with Crippen LogP contribution in [-0.2, 0) is 0 Å². The number of pyridine rings is 2. The summed E-state index contributed by atoms with van der Waals surface area (Å²) in [5, 5.41) is 13.7. The normalized spacial score (nSPS) is 14.2. The van der Waals surface area contributed by atoms with Gasteiger partial charge in [-0.15, -0.1) is 0 Å². The fourth-order valence-electron chi connectivity index (χ4n) is 5.87. The van der Waals surface area contributed by atoms with Gasteiger partial charge in [-0.05, 0) is 77.9 Å². The topological polar surface area (TPSA) is 82.3 Å². The number of hydrogen-bond acceptors (Lipinski definition) is 4. The minimum atomic E-state index is 0.544. The van der Waals surface area contributed by atoms with Crippen LogP contribution in [-0.4, -0.2) is 25.1 Å². The molecule has 6 nitrogen and oxygen atoms in total. The average Bonchev–Trinajstić information content (AvgIpc) is 3.62. The summed E-state index contributed by atoms with van der Waals surface area (Å²) in [6, 6.07) is 21.2. The van der Waals surface area contributed by atoms with Gasteiger partial charge in [-0.2, -0.15) is 5.10 Å². The Hall–Kier alpha value is -4.71. The third kappa shape index (κ3) is 4.48. The molecule has 3 N–H and O–H groups in total. The molecule has 1 fully saturated rings. The van der Waals surface area contributed by atoms with Crippen LogP contribution < -0.4 is 5.32 Å². The van der Waals surface area contributed by atoms with Gasteiger partial charge in [0.25, 0.3) is 0 Å². The molecule has 39 heavy (non-hydrogen) atoms. The molecule has 0 amide bonds. The summed E-state index contributed by atoms with van der Waals surface area (Å²) >= 11 is 0. The molecule has 1 aliphatic rings. The fraction of sp³-hybridized carbons (Fsp3) is 0.182. The Labute approximate surface area is 227 Å². The second kappa shape index (κ2) is 9.87. The number of anilines is 1.